The molecule has 1 aromatic rings. The second kappa shape index (κ2) is 4.18. The van der Waals surface area contributed by atoms with Crippen LogP contribution in [0.1, 0.15) is 30.7 Å². The van der Waals surface area contributed by atoms with Gasteiger partial charge in [-0.3, -0.25) is 4.79 Å². The van der Waals surface area contributed by atoms with Crippen LogP contribution in [-0.4, -0.2) is 34.1 Å². The molecule has 0 spiro atoms. The molecule has 0 aromatic carbocycles. The zero-order valence-electron chi connectivity index (χ0n) is 11.4. The highest BCUT2D eigenvalue weighted by Gasteiger charge is 2.55. The van der Waals surface area contributed by atoms with Crippen LogP contribution in [0.15, 0.2) is 6.07 Å². The molecule has 2 fully saturated rings. The minimum Gasteiger partial charge on any atom is -0.481 e. The molecule has 2 heterocycles. The molecule has 2 atom stereocenters. The van der Waals surface area contributed by atoms with E-state index in [9.17, 15) is 9.90 Å². The molecule has 1 N–H and O–H groups in total. The fourth-order valence-electron chi connectivity index (χ4n) is 3.64. The van der Waals surface area contributed by atoms with Gasteiger partial charge < -0.3 is 10.0 Å². The van der Waals surface area contributed by atoms with Gasteiger partial charge in [-0.2, -0.15) is 0 Å². The Morgan fingerprint density at radius 1 is 1.42 bits per heavy atom. The second-order valence-corrected chi connectivity index (χ2v) is 5.88. The molecule has 1 saturated carbocycles. The zero-order chi connectivity index (χ0) is 13.6. The van der Waals surface area contributed by atoms with Crippen LogP contribution in [-0.2, 0) is 4.79 Å². The molecule has 0 amide bonds. The van der Waals surface area contributed by atoms with Gasteiger partial charge >= 0.3 is 5.97 Å². The van der Waals surface area contributed by atoms with Gasteiger partial charge in [0.1, 0.15) is 0 Å². The third-order valence-electron chi connectivity index (χ3n) is 4.55. The Kier molecular flexibility index (Phi) is 2.73. The highest BCUT2D eigenvalue weighted by Crippen LogP contribution is 2.49. The number of aliphatic carboxylic acids is 1. The number of carboxylic acids is 1. The molecule has 5 nitrogen and oxygen atoms in total. The van der Waals surface area contributed by atoms with Crippen molar-refractivity contribution >= 4 is 11.9 Å². The Hall–Kier alpha value is -1.65. The molecule has 0 radical (unpaired) electrons. The maximum absolute atomic E-state index is 11.6. The summed E-state index contributed by atoms with van der Waals surface area (Å²) in [5.74, 6) is 0.281. The van der Waals surface area contributed by atoms with Crippen molar-refractivity contribution in [2.45, 2.75) is 33.1 Å². The van der Waals surface area contributed by atoms with Crippen molar-refractivity contribution in [1.82, 2.24) is 9.97 Å². The van der Waals surface area contributed by atoms with Gasteiger partial charge in [0, 0.05) is 24.5 Å². The van der Waals surface area contributed by atoms with E-state index in [0.717, 1.165) is 37.2 Å². The second-order valence-electron chi connectivity index (χ2n) is 5.88. The van der Waals surface area contributed by atoms with E-state index in [2.05, 4.69) is 14.9 Å². The maximum atomic E-state index is 11.6. The highest BCUT2D eigenvalue weighted by atomic mass is 16.4. The molecule has 0 bridgehead atoms. The molecule has 5 heteroatoms. The van der Waals surface area contributed by atoms with Crippen molar-refractivity contribution in [2.75, 3.05) is 18.0 Å². The first kappa shape index (κ1) is 12.4. The number of hydrogen-bond donors (Lipinski definition) is 1. The topological polar surface area (TPSA) is 66.3 Å². The van der Waals surface area contributed by atoms with E-state index < -0.39 is 11.4 Å². The molecular weight excluding hydrogens is 242 g/mol. The standard InChI is InChI=1S/C14H19N3O2/c1-9-6-10(2)16-13(15-9)17-7-11-4-3-5-14(11,8-17)12(18)19/h6,11H,3-5,7-8H2,1-2H3,(H,18,19)/t11-,14+/m0/s1. The minimum absolute atomic E-state index is 0.245. The summed E-state index contributed by atoms with van der Waals surface area (Å²) in [6.45, 7) is 5.22. The van der Waals surface area contributed by atoms with Crippen LogP contribution in [0.4, 0.5) is 5.95 Å². The van der Waals surface area contributed by atoms with Gasteiger partial charge in [0.15, 0.2) is 0 Å². The van der Waals surface area contributed by atoms with Gasteiger partial charge in [-0.25, -0.2) is 9.97 Å². The van der Waals surface area contributed by atoms with Gasteiger partial charge in [0.05, 0.1) is 5.41 Å². The molecule has 1 aliphatic carbocycles. The Bertz CT molecular complexity index is 511. The largest absolute Gasteiger partial charge is 0.481 e. The van der Waals surface area contributed by atoms with Crippen LogP contribution < -0.4 is 4.90 Å². The summed E-state index contributed by atoms with van der Waals surface area (Å²) in [6, 6.07) is 1.94. The van der Waals surface area contributed by atoms with E-state index in [1.807, 2.05) is 19.9 Å². The summed E-state index contributed by atoms with van der Waals surface area (Å²) in [6.07, 6.45) is 2.82. The number of anilines is 1. The first-order valence-corrected chi connectivity index (χ1v) is 6.82. The Morgan fingerprint density at radius 2 is 2.11 bits per heavy atom. The van der Waals surface area contributed by atoms with E-state index >= 15 is 0 Å². The lowest BCUT2D eigenvalue weighted by Crippen LogP contribution is -2.36. The third-order valence-corrected chi connectivity index (χ3v) is 4.55. The number of aromatic nitrogens is 2. The van der Waals surface area contributed by atoms with E-state index in [-0.39, 0.29) is 5.92 Å². The number of aryl methyl sites for hydroxylation is 2. The highest BCUT2D eigenvalue weighted by molar-refractivity contribution is 5.77. The average molecular weight is 261 g/mol. The summed E-state index contributed by atoms with van der Waals surface area (Å²) in [5.41, 5.74) is 1.30. The van der Waals surface area contributed by atoms with Crippen LogP contribution in [0.25, 0.3) is 0 Å². The molecule has 0 unspecified atom stereocenters. The number of carboxylic acid groups (broad SMARTS) is 1. The molecule has 3 rings (SSSR count). The number of fused-ring (bicyclic) bond motifs is 1. The van der Waals surface area contributed by atoms with Crippen molar-refractivity contribution in [3.8, 4) is 0 Å². The van der Waals surface area contributed by atoms with Crippen LogP contribution in [0.3, 0.4) is 0 Å². The number of hydrogen-bond acceptors (Lipinski definition) is 4. The summed E-state index contributed by atoms with van der Waals surface area (Å²) >= 11 is 0. The fraction of sp³-hybridized carbons (Fsp3) is 0.643. The van der Waals surface area contributed by atoms with Crippen LogP contribution in [0.5, 0.6) is 0 Å². The van der Waals surface area contributed by atoms with Gasteiger partial charge in [0.25, 0.3) is 0 Å². The quantitative estimate of drug-likeness (QED) is 0.879. The van der Waals surface area contributed by atoms with Gasteiger partial charge in [-0.1, -0.05) is 6.42 Å². The predicted molar refractivity (Wildman–Crippen MR) is 71.1 cm³/mol. The smallest absolute Gasteiger partial charge is 0.311 e. The number of nitrogens with zero attached hydrogens (tertiary/aromatic N) is 3. The van der Waals surface area contributed by atoms with Gasteiger partial charge in [-0.05, 0) is 38.7 Å². The number of rotatable bonds is 2. The monoisotopic (exact) mass is 261 g/mol. The van der Waals surface area contributed by atoms with Crippen molar-refractivity contribution in [1.29, 1.82) is 0 Å². The Morgan fingerprint density at radius 3 is 2.68 bits per heavy atom. The third kappa shape index (κ3) is 1.88. The van der Waals surface area contributed by atoms with E-state index in [1.165, 1.54) is 0 Å². The molecule has 1 saturated heterocycles. The van der Waals surface area contributed by atoms with Crippen molar-refractivity contribution in [2.24, 2.45) is 11.3 Å². The van der Waals surface area contributed by atoms with Gasteiger partial charge in [-0.15, -0.1) is 0 Å². The minimum atomic E-state index is -0.651. The predicted octanol–water partition coefficient (Wildman–Crippen LogP) is 1.78. The summed E-state index contributed by atoms with van der Waals surface area (Å²) in [4.78, 5) is 22.6. The summed E-state index contributed by atoms with van der Waals surface area (Å²) < 4.78 is 0. The fourth-order valence-corrected chi connectivity index (χ4v) is 3.64. The van der Waals surface area contributed by atoms with Crippen molar-refractivity contribution in [3.63, 3.8) is 0 Å². The molecular formula is C14H19N3O2. The molecule has 1 aliphatic heterocycles. The Labute approximate surface area is 112 Å². The molecule has 19 heavy (non-hydrogen) atoms. The van der Waals surface area contributed by atoms with Crippen molar-refractivity contribution < 1.29 is 9.90 Å². The number of carbonyl (C=O) groups is 1. The lowest BCUT2D eigenvalue weighted by atomic mass is 9.81. The van der Waals surface area contributed by atoms with Crippen molar-refractivity contribution in [3.05, 3.63) is 17.5 Å². The Balaban J connectivity index is 1.91. The molecule has 102 valence electrons. The first-order valence-electron chi connectivity index (χ1n) is 6.82. The SMILES string of the molecule is Cc1cc(C)nc(N2C[C@@H]3CCC[C@@]3(C(=O)O)C2)n1. The lowest BCUT2D eigenvalue weighted by Gasteiger charge is -2.23. The zero-order valence-corrected chi connectivity index (χ0v) is 11.4. The van der Waals surface area contributed by atoms with Gasteiger partial charge in [0.2, 0.25) is 5.95 Å². The summed E-state index contributed by atoms with van der Waals surface area (Å²) in [7, 11) is 0. The van der Waals surface area contributed by atoms with E-state index in [1.54, 1.807) is 0 Å². The first-order chi connectivity index (χ1) is 9.01. The molecule has 1 aromatic heterocycles. The average Bonchev–Trinajstić information content (AvgIpc) is 2.83. The summed E-state index contributed by atoms with van der Waals surface area (Å²) in [5, 5.41) is 9.58. The normalized spacial score (nSPS) is 29.6. The van der Waals surface area contributed by atoms with Crippen LogP contribution >= 0.6 is 0 Å². The van der Waals surface area contributed by atoms with E-state index in [0.29, 0.717) is 12.5 Å². The lowest BCUT2D eigenvalue weighted by molar-refractivity contribution is -0.149. The van der Waals surface area contributed by atoms with E-state index in [4.69, 9.17) is 0 Å². The van der Waals surface area contributed by atoms with Crippen LogP contribution in [0.2, 0.25) is 0 Å². The molecule has 2 aliphatic rings. The maximum Gasteiger partial charge on any atom is 0.311 e. The van der Waals surface area contributed by atoms with Crippen LogP contribution in [0, 0.1) is 25.2 Å².